The molecule has 0 saturated carbocycles. The number of amides is 2. The van der Waals surface area contributed by atoms with Gasteiger partial charge in [0.25, 0.3) is 5.91 Å². The minimum Gasteiger partial charge on any atom is -0.497 e. The van der Waals surface area contributed by atoms with Crippen molar-refractivity contribution < 1.29 is 33.3 Å². The highest BCUT2D eigenvalue weighted by Crippen LogP contribution is 2.29. The zero-order valence-electron chi connectivity index (χ0n) is 20.1. The van der Waals surface area contributed by atoms with Crippen LogP contribution in [0.5, 0.6) is 11.5 Å². The molecule has 0 aliphatic heterocycles. The maximum Gasteiger partial charge on any atom is 0.427 e. The fourth-order valence-corrected chi connectivity index (χ4v) is 3.20. The number of aromatic nitrogens is 2. The molecule has 0 bridgehead atoms. The van der Waals surface area contributed by atoms with Gasteiger partial charge in [-0.25, -0.2) is 15.2 Å². The summed E-state index contributed by atoms with van der Waals surface area (Å²) >= 11 is 0. The molecule has 0 aliphatic carbocycles. The van der Waals surface area contributed by atoms with E-state index in [1.165, 1.54) is 26.5 Å². The van der Waals surface area contributed by atoms with Crippen LogP contribution in [0.2, 0.25) is 0 Å². The summed E-state index contributed by atoms with van der Waals surface area (Å²) in [6, 6.07) is 11.8. The fourth-order valence-electron chi connectivity index (χ4n) is 3.20. The van der Waals surface area contributed by atoms with E-state index in [4.69, 9.17) is 14.2 Å². The molecule has 2 N–H and O–H groups in total. The molecule has 3 rings (SSSR count). The number of fused-ring (bicyclic) bond motifs is 1. The number of nitrogens with zero attached hydrogens (tertiary/aromatic N) is 3. The number of para-hydroxylation sites is 2. The molecule has 2 aromatic carbocycles. The van der Waals surface area contributed by atoms with Gasteiger partial charge in [0.15, 0.2) is 0 Å². The summed E-state index contributed by atoms with van der Waals surface area (Å²) in [5, 5.41) is 6.53. The van der Waals surface area contributed by atoms with Crippen LogP contribution in [0, 0.1) is 0 Å². The van der Waals surface area contributed by atoms with Gasteiger partial charge in [-0.3, -0.25) is 14.6 Å². The van der Waals surface area contributed by atoms with Crippen molar-refractivity contribution in [2.24, 2.45) is 5.10 Å². The average Bonchev–Trinajstić information content (AvgIpc) is 2.90. The van der Waals surface area contributed by atoms with E-state index in [2.05, 4.69) is 30.5 Å². The summed E-state index contributed by atoms with van der Waals surface area (Å²) in [5.41, 5.74) is 3.06. The highest BCUT2D eigenvalue weighted by molar-refractivity contribution is 6.48. The van der Waals surface area contributed by atoms with Crippen LogP contribution in [-0.4, -0.2) is 61.6 Å². The van der Waals surface area contributed by atoms with Gasteiger partial charge in [0.1, 0.15) is 23.1 Å². The highest BCUT2D eigenvalue weighted by Gasteiger charge is 2.35. The van der Waals surface area contributed by atoms with Gasteiger partial charge in [0.05, 0.1) is 56.5 Å². The second-order valence-corrected chi connectivity index (χ2v) is 7.09. The molecule has 12 heteroatoms. The van der Waals surface area contributed by atoms with Gasteiger partial charge in [0.2, 0.25) is 0 Å². The first kappa shape index (κ1) is 25.9. The molecule has 1 aromatic heterocycles. The lowest BCUT2D eigenvalue weighted by Crippen LogP contribution is -2.37. The van der Waals surface area contributed by atoms with Crippen LogP contribution < -0.4 is 20.2 Å². The number of ether oxygens (including phenoxy) is 4. The molecule has 2 amide bonds. The molecule has 1 atom stereocenters. The molecule has 0 unspecified atom stereocenters. The summed E-state index contributed by atoms with van der Waals surface area (Å²) in [6.45, 7) is 1.64. The summed E-state index contributed by atoms with van der Waals surface area (Å²) in [4.78, 5) is 47.1. The Morgan fingerprint density at radius 2 is 1.78 bits per heavy atom. The predicted molar refractivity (Wildman–Crippen MR) is 130 cm³/mol. The van der Waals surface area contributed by atoms with Gasteiger partial charge >= 0.3 is 12.1 Å². The maximum absolute atomic E-state index is 13.5. The zero-order chi connectivity index (χ0) is 26.1. The number of rotatable bonds is 9. The van der Waals surface area contributed by atoms with E-state index in [-0.39, 0.29) is 18.0 Å². The molecule has 0 spiro atoms. The van der Waals surface area contributed by atoms with Crippen LogP contribution in [-0.2, 0) is 19.1 Å². The monoisotopic (exact) mass is 495 g/mol. The van der Waals surface area contributed by atoms with Crippen LogP contribution in [0.3, 0.4) is 0 Å². The van der Waals surface area contributed by atoms with Crippen molar-refractivity contribution in [1.29, 1.82) is 0 Å². The van der Waals surface area contributed by atoms with Crippen molar-refractivity contribution in [3.05, 3.63) is 54.4 Å². The Labute approximate surface area is 206 Å². The predicted octanol–water partition coefficient (Wildman–Crippen LogP) is 2.64. The van der Waals surface area contributed by atoms with Crippen molar-refractivity contribution in [3.8, 4) is 11.5 Å². The minimum atomic E-state index is -1.43. The third-order valence-electron chi connectivity index (χ3n) is 4.90. The van der Waals surface area contributed by atoms with Crippen molar-refractivity contribution >= 4 is 40.4 Å². The van der Waals surface area contributed by atoms with Crippen LogP contribution in [0.15, 0.2) is 53.8 Å². The first-order valence-electron chi connectivity index (χ1n) is 10.7. The first-order valence-corrected chi connectivity index (χ1v) is 10.7. The second-order valence-electron chi connectivity index (χ2n) is 7.09. The summed E-state index contributed by atoms with van der Waals surface area (Å²) in [6.07, 6.45) is 0.392. The van der Waals surface area contributed by atoms with Crippen LogP contribution in [0.25, 0.3) is 11.0 Å². The number of nitrogens with one attached hydrogen (secondary N) is 2. The van der Waals surface area contributed by atoms with Crippen molar-refractivity contribution in [3.63, 3.8) is 0 Å². The molecular weight excluding hydrogens is 470 g/mol. The molecule has 36 heavy (non-hydrogen) atoms. The third-order valence-corrected chi connectivity index (χ3v) is 4.90. The largest absolute Gasteiger partial charge is 0.497 e. The zero-order valence-corrected chi connectivity index (χ0v) is 20.1. The van der Waals surface area contributed by atoms with E-state index in [1.54, 1.807) is 43.3 Å². The second kappa shape index (κ2) is 12.1. The van der Waals surface area contributed by atoms with Gasteiger partial charge in [0, 0.05) is 6.07 Å². The van der Waals surface area contributed by atoms with Crippen molar-refractivity contribution in [2.45, 2.75) is 12.8 Å². The van der Waals surface area contributed by atoms with E-state index in [0.29, 0.717) is 22.5 Å². The number of hydrogen-bond acceptors (Lipinski definition) is 10. The molecule has 3 aromatic rings. The van der Waals surface area contributed by atoms with Crippen LogP contribution >= 0.6 is 0 Å². The Morgan fingerprint density at radius 1 is 1.03 bits per heavy atom. The molecule has 188 valence electrons. The van der Waals surface area contributed by atoms with E-state index < -0.39 is 29.6 Å². The number of anilines is 1. The van der Waals surface area contributed by atoms with Crippen LogP contribution in [0.4, 0.5) is 10.5 Å². The van der Waals surface area contributed by atoms with E-state index in [9.17, 15) is 14.4 Å². The van der Waals surface area contributed by atoms with Crippen LogP contribution in [0.1, 0.15) is 18.5 Å². The Bertz CT molecular complexity index is 1290. The van der Waals surface area contributed by atoms with Crippen molar-refractivity contribution in [2.75, 3.05) is 33.3 Å². The minimum absolute atomic E-state index is 0.0272. The molecule has 1 heterocycles. The summed E-state index contributed by atoms with van der Waals surface area (Å²) in [7, 11) is 4.02. The molecule has 0 fully saturated rings. The quantitative estimate of drug-likeness (QED) is 0.259. The Morgan fingerprint density at radius 3 is 2.44 bits per heavy atom. The topological polar surface area (TPSA) is 150 Å². The number of methoxy groups -OCH3 is 3. The molecule has 0 aliphatic rings. The van der Waals surface area contributed by atoms with Gasteiger partial charge in [-0.05, 0) is 31.2 Å². The molecular formula is C24H25N5O7. The summed E-state index contributed by atoms with van der Waals surface area (Å²) in [5.74, 6) is -2.33. The molecule has 0 saturated heterocycles. The summed E-state index contributed by atoms with van der Waals surface area (Å²) < 4.78 is 20.3. The average molecular weight is 495 g/mol. The number of benzene rings is 2. The maximum atomic E-state index is 13.5. The number of hydrazone groups is 1. The SMILES string of the molecule is CCOC(=O)[C@@H](/C(=N/NC(=O)OC)C(=O)Nc1cc(OC)ccc1OC)c1cnc2ccccc2n1. The fraction of sp³-hybridized carbons (Fsp3) is 0.250. The first-order chi connectivity index (χ1) is 17.4. The lowest BCUT2D eigenvalue weighted by molar-refractivity contribution is -0.143. The molecule has 0 radical (unpaired) electrons. The number of carbonyl (C=O) groups excluding carboxylic acids is 3. The van der Waals surface area contributed by atoms with Gasteiger partial charge in [-0.1, -0.05) is 12.1 Å². The van der Waals surface area contributed by atoms with E-state index >= 15 is 0 Å². The Balaban J connectivity index is 2.11. The number of carbonyl (C=O) groups is 3. The Kier molecular flexibility index (Phi) is 8.70. The normalized spacial score (nSPS) is 11.8. The molecule has 12 nitrogen and oxygen atoms in total. The van der Waals surface area contributed by atoms with Gasteiger partial charge in [-0.15, -0.1) is 0 Å². The van der Waals surface area contributed by atoms with E-state index in [1.807, 2.05) is 0 Å². The lowest BCUT2D eigenvalue weighted by atomic mass is 9.98. The van der Waals surface area contributed by atoms with E-state index in [0.717, 1.165) is 7.11 Å². The number of hydrogen-bond donors (Lipinski definition) is 2. The van der Waals surface area contributed by atoms with Gasteiger partial charge < -0.3 is 24.3 Å². The van der Waals surface area contributed by atoms with Gasteiger partial charge in [-0.2, -0.15) is 5.10 Å². The standard InChI is InChI=1S/C24H25N5O7/c1-5-36-23(31)20(18-13-25-15-8-6-7-9-16(15)26-18)21(28-29-24(32)35-4)22(30)27-17-12-14(33-2)10-11-19(17)34-3/h6-13,20H,5H2,1-4H3,(H,27,30)(H,29,32)/b28-21-/t20-/m1/s1. The van der Waals surface area contributed by atoms with Crippen molar-refractivity contribution in [1.82, 2.24) is 15.4 Å². The lowest BCUT2D eigenvalue weighted by Gasteiger charge is -2.18. The Hall–Kier alpha value is -4.74. The third kappa shape index (κ3) is 6.03. The number of esters is 1. The highest BCUT2D eigenvalue weighted by atomic mass is 16.5. The smallest absolute Gasteiger partial charge is 0.427 e.